The van der Waals surface area contributed by atoms with Crippen LogP contribution in [0.4, 0.5) is 0 Å². The van der Waals surface area contributed by atoms with Crippen LogP contribution >= 0.6 is 0 Å². The van der Waals surface area contributed by atoms with Gasteiger partial charge in [0, 0.05) is 0 Å². The summed E-state index contributed by atoms with van der Waals surface area (Å²) in [6, 6.07) is 8.63. The van der Waals surface area contributed by atoms with E-state index >= 15 is 0 Å². The molecule has 1 aromatic rings. The minimum absolute atomic E-state index is 0. The zero-order valence-corrected chi connectivity index (χ0v) is 7.43. The Hall–Kier alpha value is -0.755. The topological polar surface area (TPSA) is 35.0 Å². The van der Waals surface area contributed by atoms with Crippen LogP contribution in [0.25, 0.3) is 0 Å². The predicted octanol–water partition coefficient (Wildman–Crippen LogP) is 1.79. The van der Waals surface area contributed by atoms with Crippen molar-refractivity contribution in [3.63, 3.8) is 0 Å². The van der Waals surface area contributed by atoms with Crippen LogP contribution in [0, 0.1) is 0 Å². The molecule has 1 aromatic carbocycles. The maximum absolute atomic E-state index is 2.21. The van der Waals surface area contributed by atoms with Gasteiger partial charge in [-0.25, -0.2) is 0 Å². The molecule has 0 saturated heterocycles. The zero-order valence-electron chi connectivity index (χ0n) is 7.43. The molecule has 0 radical (unpaired) electrons. The van der Waals surface area contributed by atoms with E-state index in [0.717, 1.165) is 12.8 Å². The summed E-state index contributed by atoms with van der Waals surface area (Å²) in [5.41, 5.74) is 2.98. The second-order valence-electron chi connectivity index (χ2n) is 2.48. The maximum Gasteiger partial charge on any atom is 0.0814 e. The van der Waals surface area contributed by atoms with E-state index in [1.807, 2.05) is 0 Å². The summed E-state index contributed by atoms with van der Waals surface area (Å²) in [5, 5.41) is 0. The Labute approximate surface area is 77.3 Å². The lowest BCUT2D eigenvalue weighted by Crippen LogP contribution is -1.88. The van der Waals surface area contributed by atoms with E-state index in [1.54, 1.807) is 0 Å². The van der Waals surface area contributed by atoms with Crippen molar-refractivity contribution in [3.05, 3.63) is 35.4 Å². The molecule has 0 spiro atoms. The fourth-order valence-electron chi connectivity index (χ4n) is 1.25. The number of hydrogen-bond acceptors (Lipinski definition) is 1. The largest absolute Gasteiger partial charge is 0.344 e. The minimum atomic E-state index is 0. The van der Waals surface area contributed by atoms with Gasteiger partial charge in [-0.1, -0.05) is 38.1 Å². The first-order valence-electron chi connectivity index (χ1n) is 3.95. The molecule has 0 aliphatic heterocycles. The van der Waals surface area contributed by atoms with Crippen LogP contribution in [-0.4, -0.2) is 8.41 Å². The van der Waals surface area contributed by atoms with E-state index in [9.17, 15) is 0 Å². The summed E-state index contributed by atoms with van der Waals surface area (Å²) in [5.74, 6) is 0. The molecule has 0 atom stereocenters. The smallest absolute Gasteiger partial charge is 0.0814 e. The van der Waals surface area contributed by atoms with Gasteiger partial charge in [-0.3, -0.25) is 0 Å². The molecule has 3 N–H and O–H groups in total. The van der Waals surface area contributed by atoms with Gasteiger partial charge in [0.2, 0.25) is 0 Å². The SMILES string of the molecule is B.CCc1ccccc1CC.N. The van der Waals surface area contributed by atoms with Gasteiger partial charge in [-0.2, -0.15) is 0 Å². The first kappa shape index (κ1) is 13.8. The van der Waals surface area contributed by atoms with Crippen LogP contribution in [0.1, 0.15) is 25.0 Å². The predicted molar refractivity (Wildman–Crippen MR) is 60.2 cm³/mol. The van der Waals surface area contributed by atoms with Crippen molar-refractivity contribution < 1.29 is 0 Å². The molecule has 68 valence electrons. The normalized spacial score (nSPS) is 8.17. The van der Waals surface area contributed by atoms with Gasteiger partial charge < -0.3 is 6.15 Å². The van der Waals surface area contributed by atoms with Gasteiger partial charge >= 0.3 is 0 Å². The van der Waals surface area contributed by atoms with Crippen LogP contribution < -0.4 is 6.15 Å². The van der Waals surface area contributed by atoms with Crippen molar-refractivity contribution in [2.24, 2.45) is 0 Å². The lowest BCUT2D eigenvalue weighted by Gasteiger charge is -2.02. The Balaban J connectivity index is 0. The van der Waals surface area contributed by atoms with E-state index < -0.39 is 0 Å². The monoisotopic (exact) mass is 165 g/mol. The van der Waals surface area contributed by atoms with Gasteiger partial charge in [0.25, 0.3) is 0 Å². The van der Waals surface area contributed by atoms with Crippen molar-refractivity contribution in [2.75, 3.05) is 0 Å². The lowest BCUT2D eigenvalue weighted by molar-refractivity contribution is 1.04. The molecule has 2 heteroatoms. The highest BCUT2D eigenvalue weighted by Gasteiger charge is 1.93. The minimum Gasteiger partial charge on any atom is -0.344 e. The molecular formula is C10H20BN. The molecule has 0 aliphatic carbocycles. The molecule has 0 amide bonds. The highest BCUT2D eigenvalue weighted by molar-refractivity contribution is 5.75. The molecule has 1 rings (SSSR count). The Morgan fingerprint density at radius 1 is 0.917 bits per heavy atom. The molecule has 12 heavy (non-hydrogen) atoms. The quantitative estimate of drug-likeness (QED) is 0.666. The van der Waals surface area contributed by atoms with Crippen molar-refractivity contribution in [3.8, 4) is 0 Å². The van der Waals surface area contributed by atoms with Crippen LogP contribution in [0.3, 0.4) is 0 Å². The highest BCUT2D eigenvalue weighted by atomic mass is 14.0. The second-order valence-corrected chi connectivity index (χ2v) is 2.48. The summed E-state index contributed by atoms with van der Waals surface area (Å²) < 4.78 is 0. The third kappa shape index (κ3) is 3.10. The molecule has 1 nitrogen and oxygen atoms in total. The number of aryl methyl sites for hydroxylation is 2. The van der Waals surface area contributed by atoms with Crippen molar-refractivity contribution >= 4 is 8.41 Å². The van der Waals surface area contributed by atoms with E-state index in [-0.39, 0.29) is 14.6 Å². The lowest BCUT2D eigenvalue weighted by atomic mass is 10.0. The summed E-state index contributed by atoms with van der Waals surface area (Å²) in [7, 11) is 0. The number of rotatable bonds is 2. The highest BCUT2D eigenvalue weighted by Crippen LogP contribution is 2.08. The van der Waals surface area contributed by atoms with E-state index in [2.05, 4.69) is 38.1 Å². The van der Waals surface area contributed by atoms with Crippen molar-refractivity contribution in [2.45, 2.75) is 26.7 Å². The zero-order chi connectivity index (χ0) is 7.40. The second kappa shape index (κ2) is 6.92. The third-order valence-corrected chi connectivity index (χ3v) is 1.88. The average Bonchev–Trinajstić information content (AvgIpc) is 2.04. The average molecular weight is 165 g/mol. The molecule has 0 fully saturated rings. The van der Waals surface area contributed by atoms with Crippen LogP contribution in [-0.2, 0) is 12.8 Å². The summed E-state index contributed by atoms with van der Waals surface area (Å²) in [6.07, 6.45) is 2.31. The van der Waals surface area contributed by atoms with Crippen LogP contribution in [0.15, 0.2) is 24.3 Å². The summed E-state index contributed by atoms with van der Waals surface area (Å²) >= 11 is 0. The van der Waals surface area contributed by atoms with Crippen molar-refractivity contribution in [1.29, 1.82) is 0 Å². The van der Waals surface area contributed by atoms with Crippen LogP contribution in [0.2, 0.25) is 0 Å². The Morgan fingerprint density at radius 2 is 1.25 bits per heavy atom. The molecule has 0 aliphatic rings. The van der Waals surface area contributed by atoms with Crippen LogP contribution in [0.5, 0.6) is 0 Å². The van der Waals surface area contributed by atoms with Gasteiger partial charge in [0.1, 0.15) is 0 Å². The van der Waals surface area contributed by atoms with Gasteiger partial charge in [0.15, 0.2) is 0 Å². The fourth-order valence-corrected chi connectivity index (χ4v) is 1.25. The molecule has 0 unspecified atom stereocenters. The van der Waals surface area contributed by atoms with E-state index in [4.69, 9.17) is 0 Å². The molecule has 0 aromatic heterocycles. The van der Waals surface area contributed by atoms with E-state index in [0.29, 0.717) is 0 Å². The first-order valence-corrected chi connectivity index (χ1v) is 3.95. The third-order valence-electron chi connectivity index (χ3n) is 1.88. The van der Waals surface area contributed by atoms with Gasteiger partial charge in [-0.05, 0) is 24.0 Å². The first-order chi connectivity index (χ1) is 4.88. The van der Waals surface area contributed by atoms with Gasteiger partial charge in [0.05, 0.1) is 8.41 Å². The maximum atomic E-state index is 2.21. The van der Waals surface area contributed by atoms with Gasteiger partial charge in [-0.15, -0.1) is 0 Å². The number of hydrogen-bond donors (Lipinski definition) is 1. The Kier molecular flexibility index (Phi) is 7.97. The summed E-state index contributed by atoms with van der Waals surface area (Å²) in [4.78, 5) is 0. The van der Waals surface area contributed by atoms with Crippen molar-refractivity contribution in [1.82, 2.24) is 6.15 Å². The molecule has 0 heterocycles. The van der Waals surface area contributed by atoms with E-state index in [1.165, 1.54) is 11.1 Å². The fraction of sp³-hybridized carbons (Fsp3) is 0.400. The Bertz CT molecular complexity index is 188. The standard InChI is InChI=1S/C10H14.BH3.H3N/c1-3-9-7-5-6-8-10(9)4-2;;/h5-8H,3-4H2,1-2H3;2*1H3. The number of benzene rings is 1. The Morgan fingerprint density at radius 3 is 1.50 bits per heavy atom. The molecule has 0 bridgehead atoms. The summed E-state index contributed by atoms with van der Waals surface area (Å²) in [6.45, 7) is 4.41. The molecular weight excluding hydrogens is 145 g/mol. The molecule has 0 saturated carbocycles.